The quantitative estimate of drug-likeness (QED) is 0.110. The molecular formula is C27H42N6O6. The second-order valence-corrected chi connectivity index (χ2v) is 9.77. The molecule has 1 unspecified atom stereocenters. The van der Waals surface area contributed by atoms with E-state index in [1.807, 2.05) is 4.90 Å². The summed E-state index contributed by atoms with van der Waals surface area (Å²) in [7, 11) is 1.81. The summed E-state index contributed by atoms with van der Waals surface area (Å²) >= 11 is 0. The summed E-state index contributed by atoms with van der Waals surface area (Å²) in [4.78, 5) is 66.9. The monoisotopic (exact) mass is 546 g/mol. The van der Waals surface area contributed by atoms with Gasteiger partial charge in [-0.05, 0) is 69.3 Å². The number of amides is 5. The average molecular weight is 547 g/mol. The lowest BCUT2D eigenvalue weighted by Crippen LogP contribution is -2.47. The number of rotatable bonds is 17. The summed E-state index contributed by atoms with van der Waals surface area (Å²) in [6, 6.07) is 6.09. The second-order valence-electron chi connectivity index (χ2n) is 9.77. The Labute approximate surface area is 229 Å². The van der Waals surface area contributed by atoms with Crippen LogP contribution in [-0.4, -0.2) is 74.2 Å². The van der Waals surface area contributed by atoms with Crippen LogP contribution in [0.4, 0.5) is 5.69 Å². The Bertz CT molecular complexity index is 933. The van der Waals surface area contributed by atoms with Crippen LogP contribution in [0.2, 0.25) is 0 Å². The Morgan fingerprint density at radius 3 is 2.44 bits per heavy atom. The number of carbonyl (C=O) groups is 5. The molecule has 0 spiro atoms. The van der Waals surface area contributed by atoms with E-state index in [0.29, 0.717) is 50.2 Å². The largest absolute Gasteiger partial charge is 0.347 e. The fraction of sp³-hybridized carbons (Fsp3) is 0.593. The third-order valence-corrected chi connectivity index (χ3v) is 6.54. The van der Waals surface area contributed by atoms with Crippen molar-refractivity contribution in [3.05, 3.63) is 29.8 Å². The fourth-order valence-corrected chi connectivity index (χ4v) is 4.15. The molecule has 5 N–H and O–H groups in total. The van der Waals surface area contributed by atoms with Gasteiger partial charge in [-0.15, -0.1) is 0 Å². The van der Waals surface area contributed by atoms with Crippen molar-refractivity contribution in [1.29, 1.82) is 0 Å². The van der Waals surface area contributed by atoms with Gasteiger partial charge in [0, 0.05) is 31.6 Å². The van der Waals surface area contributed by atoms with Gasteiger partial charge < -0.3 is 26.2 Å². The molecule has 5 amide bonds. The van der Waals surface area contributed by atoms with Crippen molar-refractivity contribution < 1.29 is 28.8 Å². The van der Waals surface area contributed by atoms with E-state index in [4.69, 9.17) is 4.84 Å². The van der Waals surface area contributed by atoms with Crippen molar-refractivity contribution in [3.8, 4) is 0 Å². The smallest absolute Gasteiger partial charge is 0.246 e. The maximum Gasteiger partial charge on any atom is 0.246 e. The molecule has 1 fully saturated rings. The number of nitrogens with zero attached hydrogens (tertiary/aromatic N) is 1. The summed E-state index contributed by atoms with van der Waals surface area (Å²) in [5.74, 6) is -0.440. The Kier molecular flexibility index (Phi) is 14.6. The standard InChI is InChI=1S/C27H42N6O6/c1-20-12-15-33(16-13-20)26(37)7-3-6-24(35)29-17-25(36)32-23(5-4-14-28-2)27(38)31-22-10-8-21(9-11-22)18-39-30-19-34/h8-11,19-20,23,28H,3-7,12-18H2,1-2H3,(H,29,35)(H,30,34)(H,31,38)(H,32,36). The number of hydroxylamine groups is 1. The van der Waals surface area contributed by atoms with Crippen LogP contribution in [-0.2, 0) is 35.4 Å². The van der Waals surface area contributed by atoms with Gasteiger partial charge in [0.25, 0.3) is 0 Å². The number of piperidine rings is 1. The van der Waals surface area contributed by atoms with E-state index in [2.05, 4.69) is 33.7 Å². The molecule has 1 aromatic rings. The molecule has 39 heavy (non-hydrogen) atoms. The first-order valence-electron chi connectivity index (χ1n) is 13.5. The lowest BCUT2D eigenvalue weighted by atomic mass is 9.99. The third kappa shape index (κ3) is 12.7. The molecule has 0 aromatic heterocycles. The van der Waals surface area contributed by atoms with Crippen LogP contribution >= 0.6 is 0 Å². The van der Waals surface area contributed by atoms with Gasteiger partial charge in [-0.3, -0.25) is 28.8 Å². The highest BCUT2D eigenvalue weighted by molar-refractivity contribution is 5.97. The summed E-state index contributed by atoms with van der Waals surface area (Å²) in [6.07, 6.45) is 4.41. The molecule has 0 aliphatic carbocycles. The van der Waals surface area contributed by atoms with Crippen LogP contribution in [0.5, 0.6) is 0 Å². The van der Waals surface area contributed by atoms with Crippen molar-refractivity contribution in [3.63, 3.8) is 0 Å². The number of likely N-dealkylation sites (tertiary alicyclic amines) is 1. The van der Waals surface area contributed by atoms with Gasteiger partial charge in [-0.2, -0.15) is 0 Å². The number of anilines is 1. The number of hydrogen-bond donors (Lipinski definition) is 5. The van der Waals surface area contributed by atoms with E-state index in [9.17, 15) is 24.0 Å². The number of nitrogens with one attached hydrogen (secondary N) is 5. The van der Waals surface area contributed by atoms with Crippen molar-refractivity contribution in [2.75, 3.05) is 38.5 Å². The highest BCUT2D eigenvalue weighted by Crippen LogP contribution is 2.17. The predicted molar refractivity (Wildman–Crippen MR) is 146 cm³/mol. The minimum atomic E-state index is -0.785. The summed E-state index contributed by atoms with van der Waals surface area (Å²) in [6.45, 7) is 4.33. The Morgan fingerprint density at radius 1 is 1.05 bits per heavy atom. The van der Waals surface area contributed by atoms with E-state index in [0.717, 1.165) is 31.5 Å². The van der Waals surface area contributed by atoms with Crippen molar-refractivity contribution in [1.82, 2.24) is 26.3 Å². The Balaban J connectivity index is 1.75. The van der Waals surface area contributed by atoms with Crippen LogP contribution in [0.3, 0.4) is 0 Å². The predicted octanol–water partition coefficient (Wildman–Crippen LogP) is 0.832. The van der Waals surface area contributed by atoms with Crippen LogP contribution in [0.25, 0.3) is 0 Å². The fourth-order valence-electron chi connectivity index (χ4n) is 4.15. The summed E-state index contributed by atoms with van der Waals surface area (Å²) in [5.41, 5.74) is 3.45. The maximum absolute atomic E-state index is 12.9. The molecule has 216 valence electrons. The van der Waals surface area contributed by atoms with Crippen molar-refractivity contribution >= 4 is 35.7 Å². The minimum Gasteiger partial charge on any atom is -0.347 e. The van der Waals surface area contributed by atoms with Gasteiger partial charge in [0.15, 0.2) is 0 Å². The van der Waals surface area contributed by atoms with E-state index in [1.165, 1.54) is 0 Å². The molecule has 0 saturated carbocycles. The van der Waals surface area contributed by atoms with Gasteiger partial charge in [-0.1, -0.05) is 19.1 Å². The molecule has 1 saturated heterocycles. The molecule has 0 bridgehead atoms. The molecule has 0 radical (unpaired) electrons. The number of benzene rings is 1. The molecule has 1 atom stereocenters. The zero-order chi connectivity index (χ0) is 28.5. The molecule has 2 rings (SSSR count). The normalized spacial score (nSPS) is 14.3. The van der Waals surface area contributed by atoms with Crippen LogP contribution in [0.1, 0.15) is 57.4 Å². The minimum absolute atomic E-state index is 0.0701. The van der Waals surface area contributed by atoms with Crippen LogP contribution < -0.4 is 26.7 Å². The van der Waals surface area contributed by atoms with Gasteiger partial charge >= 0.3 is 0 Å². The summed E-state index contributed by atoms with van der Waals surface area (Å²) in [5, 5.41) is 11.1. The van der Waals surface area contributed by atoms with Gasteiger partial charge in [0.2, 0.25) is 30.0 Å². The molecule has 1 heterocycles. The second kappa shape index (κ2) is 17.9. The number of carbonyl (C=O) groups excluding carboxylic acids is 5. The highest BCUT2D eigenvalue weighted by Gasteiger charge is 2.22. The lowest BCUT2D eigenvalue weighted by molar-refractivity contribution is -0.133. The maximum atomic E-state index is 12.9. The SMILES string of the molecule is CNCCCC(NC(=O)CNC(=O)CCCC(=O)N1CCC(C)CC1)C(=O)Nc1ccc(CONC=O)cc1. The topological polar surface area (TPSA) is 158 Å². The molecule has 1 aliphatic rings. The van der Waals surface area contributed by atoms with Crippen LogP contribution in [0, 0.1) is 5.92 Å². The number of hydrogen-bond acceptors (Lipinski definition) is 7. The Hall–Kier alpha value is -3.51. The van der Waals surface area contributed by atoms with E-state index in [1.54, 1.807) is 31.3 Å². The van der Waals surface area contributed by atoms with Gasteiger partial charge in [0.05, 0.1) is 13.2 Å². The molecule has 1 aromatic carbocycles. The molecule has 12 nitrogen and oxygen atoms in total. The first-order chi connectivity index (χ1) is 18.8. The molecule has 1 aliphatic heterocycles. The average Bonchev–Trinajstić information content (AvgIpc) is 2.93. The van der Waals surface area contributed by atoms with Crippen molar-refractivity contribution in [2.45, 2.75) is 64.5 Å². The third-order valence-electron chi connectivity index (χ3n) is 6.54. The lowest BCUT2D eigenvalue weighted by Gasteiger charge is -2.30. The van der Waals surface area contributed by atoms with E-state index >= 15 is 0 Å². The highest BCUT2D eigenvalue weighted by atomic mass is 16.6. The van der Waals surface area contributed by atoms with E-state index in [-0.39, 0.29) is 37.3 Å². The van der Waals surface area contributed by atoms with Crippen LogP contribution in [0.15, 0.2) is 24.3 Å². The van der Waals surface area contributed by atoms with E-state index < -0.39 is 11.9 Å². The van der Waals surface area contributed by atoms with Gasteiger partial charge in [-0.25, -0.2) is 5.48 Å². The Morgan fingerprint density at radius 2 is 1.77 bits per heavy atom. The molecular weight excluding hydrogens is 504 g/mol. The van der Waals surface area contributed by atoms with Crippen molar-refractivity contribution in [2.24, 2.45) is 5.92 Å². The first kappa shape index (κ1) is 31.7. The van der Waals surface area contributed by atoms with Gasteiger partial charge in [0.1, 0.15) is 6.04 Å². The molecule has 12 heteroatoms. The summed E-state index contributed by atoms with van der Waals surface area (Å²) < 4.78 is 0. The first-order valence-corrected chi connectivity index (χ1v) is 13.5. The zero-order valence-corrected chi connectivity index (χ0v) is 22.9. The zero-order valence-electron chi connectivity index (χ0n) is 22.9.